The van der Waals surface area contributed by atoms with Crippen molar-refractivity contribution in [2.75, 3.05) is 6.54 Å². The van der Waals surface area contributed by atoms with Crippen LogP contribution in [-0.4, -0.2) is 22.5 Å². The van der Waals surface area contributed by atoms with E-state index in [0.717, 1.165) is 37.9 Å². The molecule has 1 atom stereocenters. The maximum absolute atomic E-state index is 13.6. The fourth-order valence-electron chi connectivity index (χ4n) is 2.19. The van der Waals surface area contributed by atoms with E-state index in [1.165, 1.54) is 6.07 Å². The molecule has 0 spiro atoms. The summed E-state index contributed by atoms with van der Waals surface area (Å²) in [5.41, 5.74) is 7.14. The highest BCUT2D eigenvalue weighted by atomic mass is 32.1. The summed E-state index contributed by atoms with van der Waals surface area (Å²) in [5, 5.41) is 0. The van der Waals surface area contributed by atoms with Gasteiger partial charge in [0, 0.05) is 18.2 Å². The Morgan fingerprint density at radius 3 is 2.60 bits per heavy atom. The van der Waals surface area contributed by atoms with Crippen molar-refractivity contribution in [1.29, 1.82) is 0 Å². The van der Waals surface area contributed by atoms with E-state index in [4.69, 9.17) is 18.0 Å². The van der Waals surface area contributed by atoms with Gasteiger partial charge < -0.3 is 5.73 Å². The Labute approximate surface area is 127 Å². The van der Waals surface area contributed by atoms with Crippen LogP contribution in [-0.2, 0) is 6.54 Å². The van der Waals surface area contributed by atoms with Crippen molar-refractivity contribution in [3.8, 4) is 0 Å². The Bertz CT molecular complexity index is 448. The minimum atomic E-state index is -0.273. The number of nitrogens with two attached hydrogens (primary N) is 1. The summed E-state index contributed by atoms with van der Waals surface area (Å²) in [6.45, 7) is 8.34. The number of benzene rings is 1. The molecule has 0 saturated carbocycles. The van der Waals surface area contributed by atoms with Gasteiger partial charge in [0.05, 0.1) is 0 Å². The van der Waals surface area contributed by atoms with Crippen LogP contribution in [0.3, 0.4) is 0 Å². The summed E-state index contributed by atoms with van der Waals surface area (Å²) in [4.78, 5) is 2.64. The fourth-order valence-corrected chi connectivity index (χ4v) is 2.31. The molecular weight excluding hydrogens is 271 g/mol. The number of unbranched alkanes of at least 4 members (excludes halogenated alkanes) is 1. The summed E-state index contributed by atoms with van der Waals surface area (Å²) in [6, 6.07) is 5.35. The first-order chi connectivity index (χ1) is 9.47. The summed E-state index contributed by atoms with van der Waals surface area (Å²) >= 11 is 4.94. The van der Waals surface area contributed by atoms with E-state index < -0.39 is 0 Å². The summed E-state index contributed by atoms with van der Waals surface area (Å²) < 4.78 is 13.6. The number of halogens is 1. The van der Waals surface area contributed by atoms with Gasteiger partial charge in [-0.2, -0.15) is 0 Å². The second-order valence-corrected chi connectivity index (χ2v) is 5.73. The third-order valence-electron chi connectivity index (χ3n) is 3.64. The minimum Gasteiger partial charge on any atom is -0.389 e. The van der Waals surface area contributed by atoms with Crippen LogP contribution >= 0.6 is 12.2 Å². The van der Waals surface area contributed by atoms with E-state index >= 15 is 0 Å². The number of hydrogen-bond acceptors (Lipinski definition) is 2. The third kappa shape index (κ3) is 5.17. The Kier molecular flexibility index (Phi) is 7.10. The summed E-state index contributed by atoms with van der Waals surface area (Å²) in [6.07, 6.45) is 3.40. The van der Waals surface area contributed by atoms with Gasteiger partial charge in [0.2, 0.25) is 0 Å². The molecule has 1 unspecified atom stereocenters. The molecule has 0 aliphatic carbocycles. The van der Waals surface area contributed by atoms with Crippen molar-refractivity contribution in [3.63, 3.8) is 0 Å². The fraction of sp³-hybridized carbons (Fsp3) is 0.562. The predicted molar refractivity (Wildman–Crippen MR) is 87.4 cm³/mol. The largest absolute Gasteiger partial charge is 0.389 e. The van der Waals surface area contributed by atoms with E-state index in [0.29, 0.717) is 11.6 Å². The molecule has 0 fully saturated rings. The molecule has 0 aliphatic rings. The number of nitrogens with zero attached hydrogens (tertiary/aromatic N) is 1. The van der Waals surface area contributed by atoms with E-state index in [1.807, 2.05) is 6.07 Å². The monoisotopic (exact) mass is 296 g/mol. The molecule has 0 radical (unpaired) electrons. The van der Waals surface area contributed by atoms with Crippen LogP contribution in [0.5, 0.6) is 0 Å². The van der Waals surface area contributed by atoms with Gasteiger partial charge >= 0.3 is 0 Å². The van der Waals surface area contributed by atoms with Crippen LogP contribution in [0.15, 0.2) is 18.2 Å². The molecule has 0 amide bonds. The highest BCUT2D eigenvalue weighted by Crippen LogP contribution is 2.15. The predicted octanol–water partition coefficient (Wildman–Crippen LogP) is 3.86. The second-order valence-electron chi connectivity index (χ2n) is 5.29. The van der Waals surface area contributed by atoms with Crippen molar-refractivity contribution in [3.05, 3.63) is 35.1 Å². The van der Waals surface area contributed by atoms with Crippen LogP contribution in [0.1, 0.15) is 51.2 Å². The van der Waals surface area contributed by atoms with Crippen LogP contribution in [0.2, 0.25) is 0 Å². The average Bonchev–Trinajstić information content (AvgIpc) is 2.41. The zero-order chi connectivity index (χ0) is 15.1. The summed E-state index contributed by atoms with van der Waals surface area (Å²) in [5.74, 6) is -0.273. The summed E-state index contributed by atoms with van der Waals surface area (Å²) in [7, 11) is 0. The lowest BCUT2D eigenvalue weighted by molar-refractivity contribution is 0.192. The zero-order valence-electron chi connectivity index (χ0n) is 12.7. The molecule has 0 bridgehead atoms. The van der Waals surface area contributed by atoms with Crippen LogP contribution in [0, 0.1) is 5.82 Å². The maximum Gasteiger partial charge on any atom is 0.124 e. The first-order valence-corrected chi connectivity index (χ1v) is 7.72. The Balaban J connectivity index is 2.89. The quantitative estimate of drug-likeness (QED) is 0.739. The van der Waals surface area contributed by atoms with E-state index in [1.54, 1.807) is 6.07 Å². The first-order valence-electron chi connectivity index (χ1n) is 7.31. The molecule has 1 aromatic rings. The van der Waals surface area contributed by atoms with Gasteiger partial charge in [-0.3, -0.25) is 4.90 Å². The minimum absolute atomic E-state index is 0.245. The zero-order valence-corrected chi connectivity index (χ0v) is 13.5. The lowest BCUT2D eigenvalue weighted by atomic mass is 10.1. The lowest BCUT2D eigenvalue weighted by Crippen LogP contribution is -2.33. The highest BCUT2D eigenvalue weighted by molar-refractivity contribution is 7.80. The van der Waals surface area contributed by atoms with E-state index in [-0.39, 0.29) is 10.8 Å². The SMILES string of the molecule is CCCCN(Cc1cc(F)cc(C(N)=S)c1)C(C)CC. The van der Waals surface area contributed by atoms with Gasteiger partial charge in [0.15, 0.2) is 0 Å². The molecule has 112 valence electrons. The Hall–Kier alpha value is -1.00. The lowest BCUT2D eigenvalue weighted by Gasteiger charge is -2.28. The molecule has 2 N–H and O–H groups in total. The van der Waals surface area contributed by atoms with Gasteiger partial charge in [-0.05, 0) is 50.1 Å². The average molecular weight is 296 g/mol. The van der Waals surface area contributed by atoms with Gasteiger partial charge in [-0.1, -0.05) is 32.5 Å². The van der Waals surface area contributed by atoms with Gasteiger partial charge in [-0.15, -0.1) is 0 Å². The van der Waals surface area contributed by atoms with Crippen molar-refractivity contribution in [2.24, 2.45) is 5.73 Å². The van der Waals surface area contributed by atoms with Gasteiger partial charge in [-0.25, -0.2) is 4.39 Å². The van der Waals surface area contributed by atoms with Crippen molar-refractivity contribution in [2.45, 2.75) is 52.6 Å². The number of hydrogen-bond donors (Lipinski definition) is 1. The molecule has 20 heavy (non-hydrogen) atoms. The third-order valence-corrected chi connectivity index (χ3v) is 3.88. The normalized spacial score (nSPS) is 12.7. The van der Waals surface area contributed by atoms with E-state index in [9.17, 15) is 4.39 Å². The van der Waals surface area contributed by atoms with Crippen molar-refractivity contribution in [1.82, 2.24) is 4.90 Å². The number of rotatable bonds is 8. The topological polar surface area (TPSA) is 29.3 Å². The highest BCUT2D eigenvalue weighted by Gasteiger charge is 2.13. The molecule has 0 aromatic heterocycles. The Morgan fingerprint density at radius 2 is 2.05 bits per heavy atom. The molecule has 0 saturated heterocycles. The van der Waals surface area contributed by atoms with Crippen LogP contribution in [0.25, 0.3) is 0 Å². The standard InChI is InChI=1S/C16H25FN2S/c1-4-6-7-19(12(3)5-2)11-13-8-14(16(18)20)10-15(17)9-13/h8-10,12H,4-7,11H2,1-3H3,(H2,18,20). The van der Waals surface area contributed by atoms with Crippen molar-refractivity contribution >= 4 is 17.2 Å². The molecule has 1 rings (SSSR count). The van der Waals surface area contributed by atoms with Crippen LogP contribution < -0.4 is 5.73 Å². The molecule has 0 aliphatic heterocycles. The van der Waals surface area contributed by atoms with E-state index in [2.05, 4.69) is 25.7 Å². The van der Waals surface area contributed by atoms with Crippen molar-refractivity contribution < 1.29 is 4.39 Å². The molecule has 2 nitrogen and oxygen atoms in total. The maximum atomic E-state index is 13.6. The smallest absolute Gasteiger partial charge is 0.124 e. The second kappa shape index (κ2) is 8.32. The van der Waals surface area contributed by atoms with Gasteiger partial charge in [0.25, 0.3) is 0 Å². The molecule has 1 aromatic carbocycles. The molecular formula is C16H25FN2S. The first kappa shape index (κ1) is 17.1. The van der Waals surface area contributed by atoms with Crippen LogP contribution in [0.4, 0.5) is 4.39 Å². The van der Waals surface area contributed by atoms with Gasteiger partial charge in [0.1, 0.15) is 10.8 Å². The molecule has 4 heteroatoms. The number of thiocarbonyl (C=S) groups is 1. The Morgan fingerprint density at radius 1 is 1.35 bits per heavy atom. The molecule has 0 heterocycles.